The highest BCUT2D eigenvalue weighted by molar-refractivity contribution is 5.84. The molecule has 1 aliphatic rings. The van der Waals surface area contributed by atoms with Crippen LogP contribution in [-0.2, 0) is 14.3 Å². The first-order valence-electron chi connectivity index (χ1n) is 8.30. The zero-order valence-corrected chi connectivity index (χ0v) is 14.2. The summed E-state index contributed by atoms with van der Waals surface area (Å²) in [7, 11) is 0. The largest absolute Gasteiger partial charge is 0.466 e. The second kappa shape index (κ2) is 7.99. The smallest absolute Gasteiger partial charge is 0.309 e. The minimum Gasteiger partial charge on any atom is -0.466 e. The van der Waals surface area contributed by atoms with E-state index in [1.54, 1.807) is 0 Å². The van der Waals surface area contributed by atoms with Crippen molar-refractivity contribution in [3.05, 3.63) is 29.8 Å². The lowest BCUT2D eigenvalue weighted by Crippen LogP contribution is -2.46. The van der Waals surface area contributed by atoms with Crippen LogP contribution in [0.2, 0.25) is 0 Å². The van der Waals surface area contributed by atoms with Gasteiger partial charge in [0.1, 0.15) is 6.04 Å². The molecule has 1 heterocycles. The number of esters is 1. The predicted octanol–water partition coefficient (Wildman–Crippen LogP) is 2.60. The van der Waals surface area contributed by atoms with Gasteiger partial charge >= 0.3 is 5.97 Å². The van der Waals surface area contributed by atoms with Crippen LogP contribution in [0.25, 0.3) is 0 Å². The van der Waals surface area contributed by atoms with Crippen molar-refractivity contribution < 1.29 is 14.3 Å². The Morgan fingerprint density at radius 2 is 1.87 bits per heavy atom. The number of aryl methyl sites for hydroxylation is 1. The monoisotopic (exact) mass is 318 g/mol. The summed E-state index contributed by atoms with van der Waals surface area (Å²) in [6.07, 6.45) is 1.36. The molecule has 0 spiro atoms. The highest BCUT2D eigenvalue weighted by Crippen LogP contribution is 2.20. The van der Waals surface area contributed by atoms with E-state index < -0.39 is 0 Å². The summed E-state index contributed by atoms with van der Waals surface area (Å²) in [6.45, 7) is 7.36. The van der Waals surface area contributed by atoms with E-state index >= 15 is 0 Å². The first kappa shape index (κ1) is 17.3. The number of hydrogen-bond donors (Lipinski definition) is 1. The number of ether oxygens (including phenoxy) is 1. The zero-order valence-electron chi connectivity index (χ0n) is 14.2. The lowest BCUT2D eigenvalue weighted by atomic mass is 9.96. The fraction of sp³-hybridized carbons (Fsp3) is 0.556. The van der Waals surface area contributed by atoms with Gasteiger partial charge in [-0.15, -0.1) is 0 Å². The fourth-order valence-corrected chi connectivity index (χ4v) is 2.83. The van der Waals surface area contributed by atoms with Crippen LogP contribution in [0.4, 0.5) is 5.69 Å². The molecule has 1 aromatic rings. The van der Waals surface area contributed by atoms with E-state index in [0.717, 1.165) is 5.69 Å². The normalized spacial score (nSPS) is 16.7. The zero-order chi connectivity index (χ0) is 16.8. The standard InChI is InChI=1S/C18H26N2O3/c1-4-23-18(22)15-9-11-20(12-10-15)17(21)14(3)19-16-7-5-13(2)6-8-16/h5-8,14-15,19H,4,9-12H2,1-3H3. The molecule has 5 nitrogen and oxygen atoms in total. The Hall–Kier alpha value is -2.04. The summed E-state index contributed by atoms with van der Waals surface area (Å²) in [4.78, 5) is 26.1. The van der Waals surface area contributed by atoms with E-state index in [1.807, 2.05) is 49.9 Å². The van der Waals surface area contributed by atoms with Gasteiger partial charge in [-0.1, -0.05) is 17.7 Å². The van der Waals surface area contributed by atoms with Crippen LogP contribution in [-0.4, -0.2) is 42.5 Å². The van der Waals surface area contributed by atoms with E-state index in [9.17, 15) is 9.59 Å². The van der Waals surface area contributed by atoms with Crippen molar-refractivity contribution in [3.63, 3.8) is 0 Å². The van der Waals surface area contributed by atoms with E-state index in [0.29, 0.717) is 32.5 Å². The molecule has 126 valence electrons. The summed E-state index contributed by atoms with van der Waals surface area (Å²) in [6, 6.07) is 7.71. The fourth-order valence-electron chi connectivity index (χ4n) is 2.83. The Morgan fingerprint density at radius 3 is 2.43 bits per heavy atom. The second-order valence-electron chi connectivity index (χ2n) is 6.08. The summed E-state index contributed by atoms with van der Waals surface area (Å²) in [5.74, 6) is -0.127. The minimum atomic E-state index is -0.281. The van der Waals surface area contributed by atoms with Crippen LogP contribution >= 0.6 is 0 Å². The van der Waals surface area contributed by atoms with Gasteiger partial charge in [0.2, 0.25) is 5.91 Å². The van der Waals surface area contributed by atoms with E-state index in [-0.39, 0.29) is 23.8 Å². The number of hydrogen-bond acceptors (Lipinski definition) is 4. The molecule has 1 amide bonds. The number of amides is 1. The van der Waals surface area contributed by atoms with Crippen LogP contribution < -0.4 is 5.32 Å². The molecular formula is C18H26N2O3. The van der Waals surface area contributed by atoms with Crippen molar-refractivity contribution >= 4 is 17.6 Å². The molecule has 1 aliphatic heterocycles. The number of anilines is 1. The summed E-state index contributed by atoms with van der Waals surface area (Å²) in [5.41, 5.74) is 2.13. The molecular weight excluding hydrogens is 292 g/mol. The number of piperidine rings is 1. The average molecular weight is 318 g/mol. The average Bonchev–Trinajstić information content (AvgIpc) is 2.56. The molecule has 0 saturated carbocycles. The van der Waals surface area contributed by atoms with Gasteiger partial charge < -0.3 is 15.0 Å². The summed E-state index contributed by atoms with van der Waals surface area (Å²) >= 11 is 0. The van der Waals surface area contributed by atoms with Gasteiger partial charge in [0.15, 0.2) is 0 Å². The van der Waals surface area contributed by atoms with Crippen LogP contribution in [0.3, 0.4) is 0 Å². The van der Waals surface area contributed by atoms with Gasteiger partial charge in [-0.2, -0.15) is 0 Å². The lowest BCUT2D eigenvalue weighted by molar-refractivity contribution is -0.151. The van der Waals surface area contributed by atoms with Crippen molar-refractivity contribution in [2.45, 2.75) is 39.7 Å². The maximum absolute atomic E-state index is 12.5. The highest BCUT2D eigenvalue weighted by Gasteiger charge is 2.29. The van der Waals surface area contributed by atoms with Crippen LogP contribution in [0, 0.1) is 12.8 Å². The third kappa shape index (κ3) is 4.71. The van der Waals surface area contributed by atoms with Gasteiger partial charge in [-0.05, 0) is 45.7 Å². The molecule has 1 fully saturated rings. The number of carbonyl (C=O) groups excluding carboxylic acids is 2. The number of rotatable bonds is 5. The quantitative estimate of drug-likeness (QED) is 0.848. The highest BCUT2D eigenvalue weighted by atomic mass is 16.5. The van der Waals surface area contributed by atoms with Crippen LogP contribution in [0.5, 0.6) is 0 Å². The van der Waals surface area contributed by atoms with E-state index in [1.165, 1.54) is 5.56 Å². The van der Waals surface area contributed by atoms with E-state index in [4.69, 9.17) is 4.74 Å². The topological polar surface area (TPSA) is 58.6 Å². The molecule has 23 heavy (non-hydrogen) atoms. The maximum atomic E-state index is 12.5. The number of likely N-dealkylation sites (tertiary alicyclic amines) is 1. The van der Waals surface area contributed by atoms with Crippen molar-refractivity contribution in [1.29, 1.82) is 0 Å². The van der Waals surface area contributed by atoms with Crippen molar-refractivity contribution in [3.8, 4) is 0 Å². The van der Waals surface area contributed by atoms with Crippen LogP contribution in [0.15, 0.2) is 24.3 Å². The molecule has 1 saturated heterocycles. The van der Waals surface area contributed by atoms with Crippen molar-refractivity contribution in [2.24, 2.45) is 5.92 Å². The molecule has 1 N–H and O–H groups in total. The number of carbonyl (C=O) groups is 2. The van der Waals surface area contributed by atoms with E-state index in [2.05, 4.69) is 5.32 Å². The van der Waals surface area contributed by atoms with Gasteiger partial charge in [0.25, 0.3) is 0 Å². The van der Waals surface area contributed by atoms with Crippen molar-refractivity contribution in [2.75, 3.05) is 25.0 Å². The Bertz CT molecular complexity index is 534. The molecule has 0 bridgehead atoms. The SMILES string of the molecule is CCOC(=O)C1CCN(C(=O)C(C)Nc2ccc(C)cc2)CC1. The third-order valence-electron chi connectivity index (χ3n) is 4.23. The lowest BCUT2D eigenvalue weighted by Gasteiger charge is -2.33. The Labute approximate surface area is 138 Å². The molecule has 1 aromatic carbocycles. The first-order valence-corrected chi connectivity index (χ1v) is 8.30. The molecule has 2 rings (SSSR count). The van der Waals surface area contributed by atoms with Crippen LogP contribution in [0.1, 0.15) is 32.3 Å². The van der Waals surface area contributed by atoms with Crippen molar-refractivity contribution in [1.82, 2.24) is 4.90 Å². The number of nitrogens with one attached hydrogen (secondary N) is 1. The van der Waals surface area contributed by atoms with Gasteiger partial charge in [0, 0.05) is 18.8 Å². The molecule has 0 radical (unpaired) electrons. The summed E-state index contributed by atoms with van der Waals surface area (Å²) in [5, 5.41) is 3.24. The second-order valence-corrected chi connectivity index (χ2v) is 6.08. The first-order chi connectivity index (χ1) is 11.0. The minimum absolute atomic E-state index is 0.0700. The molecule has 1 unspecified atom stereocenters. The molecule has 0 aromatic heterocycles. The number of benzene rings is 1. The maximum Gasteiger partial charge on any atom is 0.309 e. The Kier molecular flexibility index (Phi) is 6.02. The third-order valence-corrected chi connectivity index (χ3v) is 4.23. The Morgan fingerprint density at radius 1 is 1.26 bits per heavy atom. The Balaban J connectivity index is 1.84. The molecule has 5 heteroatoms. The predicted molar refractivity (Wildman–Crippen MR) is 90.2 cm³/mol. The molecule has 0 aliphatic carbocycles. The summed E-state index contributed by atoms with van der Waals surface area (Å²) < 4.78 is 5.06. The van der Waals surface area contributed by atoms with Gasteiger partial charge in [0.05, 0.1) is 12.5 Å². The van der Waals surface area contributed by atoms with Gasteiger partial charge in [-0.3, -0.25) is 9.59 Å². The molecule has 1 atom stereocenters. The number of nitrogens with zero attached hydrogens (tertiary/aromatic N) is 1. The van der Waals surface area contributed by atoms with Gasteiger partial charge in [-0.25, -0.2) is 0 Å².